The molecule has 0 spiro atoms. The fourth-order valence-corrected chi connectivity index (χ4v) is 2.23. The lowest BCUT2D eigenvalue weighted by molar-refractivity contribution is -0.384. The molecule has 1 aliphatic rings. The number of nitrogens with zero attached hydrogens (tertiary/aromatic N) is 3. The van der Waals surface area contributed by atoms with Crippen LogP contribution in [0.5, 0.6) is 0 Å². The Balaban J connectivity index is 1.97. The molecule has 6 nitrogen and oxygen atoms in total. The summed E-state index contributed by atoms with van der Waals surface area (Å²) in [6.07, 6.45) is 4.93. The number of nitro groups is 1. The van der Waals surface area contributed by atoms with Gasteiger partial charge in [-0.15, -0.1) is 0 Å². The molecule has 0 aliphatic carbocycles. The molecule has 2 heterocycles. The highest BCUT2D eigenvalue weighted by Crippen LogP contribution is 2.25. The molecule has 1 unspecified atom stereocenters. The van der Waals surface area contributed by atoms with Crippen LogP contribution in [0.4, 0.5) is 5.69 Å². The van der Waals surface area contributed by atoms with Crippen LogP contribution < -0.4 is 0 Å². The Morgan fingerprint density at radius 3 is 3.06 bits per heavy atom. The Morgan fingerprint density at radius 2 is 2.33 bits per heavy atom. The van der Waals surface area contributed by atoms with Gasteiger partial charge < -0.3 is 4.74 Å². The van der Waals surface area contributed by atoms with Crippen LogP contribution in [-0.4, -0.2) is 21.3 Å². The summed E-state index contributed by atoms with van der Waals surface area (Å²) in [7, 11) is 0. The molecule has 1 saturated heterocycles. The Labute approximate surface area is 103 Å². The predicted molar refractivity (Wildman–Crippen MR) is 65.2 cm³/mol. The van der Waals surface area contributed by atoms with E-state index in [1.54, 1.807) is 16.8 Å². The van der Waals surface area contributed by atoms with Gasteiger partial charge in [0.2, 0.25) is 0 Å². The van der Waals surface area contributed by atoms with E-state index in [4.69, 9.17) is 4.74 Å². The Bertz CT molecular complexity index is 587. The number of fused-ring (bicyclic) bond motifs is 1. The van der Waals surface area contributed by atoms with Crippen LogP contribution in [0.25, 0.3) is 10.9 Å². The van der Waals surface area contributed by atoms with Gasteiger partial charge in [-0.1, -0.05) is 0 Å². The van der Waals surface area contributed by atoms with Gasteiger partial charge in [0.15, 0.2) is 0 Å². The molecule has 6 heteroatoms. The maximum Gasteiger partial charge on any atom is 0.270 e. The Morgan fingerprint density at radius 1 is 1.44 bits per heavy atom. The summed E-state index contributed by atoms with van der Waals surface area (Å²) < 4.78 is 7.41. The number of ether oxygens (including phenoxy) is 1. The third kappa shape index (κ3) is 1.95. The number of hydrogen-bond acceptors (Lipinski definition) is 4. The number of aromatic nitrogens is 2. The van der Waals surface area contributed by atoms with Gasteiger partial charge in [0, 0.05) is 30.3 Å². The summed E-state index contributed by atoms with van der Waals surface area (Å²) in [5.41, 5.74) is 0.849. The molecule has 18 heavy (non-hydrogen) atoms. The van der Waals surface area contributed by atoms with Crippen molar-refractivity contribution in [2.75, 3.05) is 6.61 Å². The number of rotatable bonds is 2. The van der Waals surface area contributed by atoms with Gasteiger partial charge in [-0.2, -0.15) is 5.10 Å². The second-order valence-electron chi connectivity index (χ2n) is 4.43. The van der Waals surface area contributed by atoms with Crippen molar-refractivity contribution in [3.8, 4) is 0 Å². The monoisotopic (exact) mass is 247 g/mol. The highest BCUT2D eigenvalue weighted by atomic mass is 16.6. The molecule has 0 N–H and O–H groups in total. The molecule has 1 fully saturated rings. The average molecular weight is 247 g/mol. The summed E-state index contributed by atoms with van der Waals surface area (Å²) in [6.45, 7) is 0.751. The molecule has 0 bridgehead atoms. The van der Waals surface area contributed by atoms with Gasteiger partial charge in [0.1, 0.15) is 6.23 Å². The highest BCUT2D eigenvalue weighted by molar-refractivity contribution is 5.80. The molecule has 0 radical (unpaired) electrons. The minimum atomic E-state index is -0.395. The van der Waals surface area contributed by atoms with Gasteiger partial charge in [-0.25, -0.2) is 4.68 Å². The molecule has 0 saturated carbocycles. The molecule has 0 amide bonds. The van der Waals surface area contributed by atoms with Gasteiger partial charge in [0.05, 0.1) is 10.4 Å². The average Bonchev–Trinajstić information content (AvgIpc) is 2.82. The predicted octanol–water partition coefficient (Wildman–Crippen LogP) is 2.64. The first-order valence-corrected chi connectivity index (χ1v) is 5.99. The number of benzene rings is 1. The van der Waals surface area contributed by atoms with Gasteiger partial charge in [0.25, 0.3) is 5.69 Å². The van der Waals surface area contributed by atoms with Gasteiger partial charge in [-0.3, -0.25) is 10.1 Å². The van der Waals surface area contributed by atoms with Crippen LogP contribution >= 0.6 is 0 Å². The van der Waals surface area contributed by atoms with Crippen molar-refractivity contribution in [2.24, 2.45) is 0 Å². The minimum absolute atomic E-state index is 0.0368. The van der Waals surface area contributed by atoms with Crippen molar-refractivity contribution < 1.29 is 9.66 Å². The van der Waals surface area contributed by atoms with E-state index in [-0.39, 0.29) is 11.9 Å². The van der Waals surface area contributed by atoms with Crippen LogP contribution in [0.3, 0.4) is 0 Å². The van der Waals surface area contributed by atoms with E-state index in [9.17, 15) is 10.1 Å². The van der Waals surface area contributed by atoms with Crippen LogP contribution in [0, 0.1) is 10.1 Å². The number of non-ortho nitro benzene ring substituents is 1. The Kier molecular flexibility index (Phi) is 2.71. The van der Waals surface area contributed by atoms with Crippen LogP contribution in [-0.2, 0) is 4.74 Å². The van der Waals surface area contributed by atoms with E-state index in [1.165, 1.54) is 6.07 Å². The SMILES string of the molecule is O=[N+]([O-])c1ccc2nn(C3CCCCO3)cc2c1. The third-order valence-corrected chi connectivity index (χ3v) is 3.17. The van der Waals surface area contributed by atoms with E-state index < -0.39 is 4.92 Å². The zero-order chi connectivity index (χ0) is 12.5. The lowest BCUT2D eigenvalue weighted by Crippen LogP contribution is -2.18. The minimum Gasteiger partial charge on any atom is -0.357 e. The normalized spacial score (nSPS) is 20.1. The van der Waals surface area contributed by atoms with E-state index in [2.05, 4.69) is 5.10 Å². The van der Waals surface area contributed by atoms with E-state index in [1.807, 2.05) is 6.20 Å². The first-order valence-electron chi connectivity index (χ1n) is 5.99. The zero-order valence-electron chi connectivity index (χ0n) is 9.78. The van der Waals surface area contributed by atoms with E-state index >= 15 is 0 Å². The van der Waals surface area contributed by atoms with Crippen molar-refractivity contribution >= 4 is 16.6 Å². The summed E-state index contributed by atoms with van der Waals surface area (Å²) in [6, 6.07) is 4.69. The molecule has 1 atom stereocenters. The molecule has 1 aromatic carbocycles. The zero-order valence-corrected chi connectivity index (χ0v) is 9.78. The number of nitro benzene ring substituents is 1. The molecule has 1 aromatic heterocycles. The fourth-order valence-electron chi connectivity index (χ4n) is 2.23. The molecular formula is C12H13N3O3. The Hall–Kier alpha value is -1.95. The molecule has 1 aliphatic heterocycles. The van der Waals surface area contributed by atoms with Crippen molar-refractivity contribution in [3.63, 3.8) is 0 Å². The molecule has 2 aromatic rings. The van der Waals surface area contributed by atoms with Crippen LogP contribution in [0.15, 0.2) is 24.4 Å². The first-order chi connectivity index (χ1) is 8.74. The van der Waals surface area contributed by atoms with Gasteiger partial charge >= 0.3 is 0 Å². The maximum absolute atomic E-state index is 10.7. The standard InChI is InChI=1S/C12H13N3O3/c16-15(17)10-4-5-11-9(7-10)8-14(13-11)12-3-1-2-6-18-12/h4-5,7-8,12H,1-3,6H2. The summed E-state index contributed by atoms with van der Waals surface area (Å²) in [5, 5.41) is 15.9. The van der Waals surface area contributed by atoms with E-state index in [0.29, 0.717) is 0 Å². The van der Waals surface area contributed by atoms with Crippen molar-refractivity contribution in [1.82, 2.24) is 9.78 Å². The van der Waals surface area contributed by atoms with Crippen molar-refractivity contribution in [3.05, 3.63) is 34.5 Å². The largest absolute Gasteiger partial charge is 0.357 e. The first kappa shape index (κ1) is 11.2. The molecule has 94 valence electrons. The summed E-state index contributed by atoms with van der Waals surface area (Å²) in [4.78, 5) is 10.3. The number of hydrogen-bond donors (Lipinski definition) is 0. The summed E-state index contributed by atoms with van der Waals surface area (Å²) >= 11 is 0. The quantitative estimate of drug-likeness (QED) is 0.604. The smallest absolute Gasteiger partial charge is 0.270 e. The van der Waals surface area contributed by atoms with E-state index in [0.717, 1.165) is 36.8 Å². The molecule has 3 rings (SSSR count). The maximum atomic E-state index is 10.7. The molecular weight excluding hydrogens is 234 g/mol. The third-order valence-electron chi connectivity index (χ3n) is 3.17. The van der Waals surface area contributed by atoms with Crippen molar-refractivity contribution in [2.45, 2.75) is 25.5 Å². The summed E-state index contributed by atoms with van der Waals surface area (Å²) in [5.74, 6) is 0. The lowest BCUT2D eigenvalue weighted by Gasteiger charge is -2.22. The van der Waals surface area contributed by atoms with Crippen LogP contribution in [0.2, 0.25) is 0 Å². The van der Waals surface area contributed by atoms with Gasteiger partial charge in [-0.05, 0) is 25.3 Å². The van der Waals surface area contributed by atoms with Crippen molar-refractivity contribution in [1.29, 1.82) is 0 Å². The van der Waals surface area contributed by atoms with Crippen LogP contribution in [0.1, 0.15) is 25.5 Å². The second-order valence-corrected chi connectivity index (χ2v) is 4.43. The highest BCUT2D eigenvalue weighted by Gasteiger charge is 2.17. The second kappa shape index (κ2) is 4.38. The topological polar surface area (TPSA) is 70.2 Å². The fraction of sp³-hybridized carbons (Fsp3) is 0.417. The lowest BCUT2D eigenvalue weighted by atomic mass is 10.2.